The Bertz CT molecular complexity index is 3020. The van der Waals surface area contributed by atoms with Crippen molar-refractivity contribution in [2.75, 3.05) is 0 Å². The lowest BCUT2D eigenvalue weighted by Gasteiger charge is -2.21. The number of furan rings is 1. The van der Waals surface area contributed by atoms with Crippen molar-refractivity contribution < 1.29 is 4.42 Å². The number of aromatic nitrogens is 4. The Balaban J connectivity index is 1.21. The predicted octanol–water partition coefficient (Wildman–Crippen LogP) is 12.2. The standard InChI is InChI=1S/C48H32N4O/c1-48(2)38-22-11-9-20-33(38)36-27-37-34-24-25-42-43(35-21-10-12-23-41(35)53-42)44(34)52(40(37)28-39(36)48)32-19-13-18-31(26-32)47-50-45(29-14-5-3-6-15-29)49-46(51-47)30-16-7-4-8-17-30/h3-28H,1-2H3. The van der Waals surface area contributed by atoms with E-state index in [1.807, 2.05) is 66.7 Å². The summed E-state index contributed by atoms with van der Waals surface area (Å²) in [6.07, 6.45) is 0. The van der Waals surface area contributed by atoms with Crippen LogP contribution >= 0.6 is 0 Å². The number of hydrogen-bond donors (Lipinski definition) is 0. The van der Waals surface area contributed by atoms with E-state index in [-0.39, 0.29) is 5.41 Å². The van der Waals surface area contributed by atoms with E-state index in [0.717, 1.165) is 55.3 Å². The molecule has 0 bridgehead atoms. The van der Waals surface area contributed by atoms with Crippen LogP contribution in [0.2, 0.25) is 0 Å². The van der Waals surface area contributed by atoms with Gasteiger partial charge < -0.3 is 8.98 Å². The highest BCUT2D eigenvalue weighted by molar-refractivity contribution is 6.25. The molecule has 1 aliphatic carbocycles. The molecule has 0 aliphatic heterocycles. The first-order chi connectivity index (χ1) is 26.0. The molecule has 10 aromatic rings. The molecule has 0 unspecified atom stereocenters. The van der Waals surface area contributed by atoms with Crippen LogP contribution in [0.5, 0.6) is 0 Å². The fraction of sp³-hybridized carbons (Fsp3) is 0.0625. The van der Waals surface area contributed by atoms with Gasteiger partial charge in [0.25, 0.3) is 0 Å². The molecule has 0 fully saturated rings. The van der Waals surface area contributed by atoms with Crippen molar-refractivity contribution >= 4 is 43.7 Å². The van der Waals surface area contributed by atoms with Crippen LogP contribution < -0.4 is 0 Å². The van der Waals surface area contributed by atoms with E-state index in [9.17, 15) is 0 Å². The van der Waals surface area contributed by atoms with Gasteiger partial charge in [-0.2, -0.15) is 0 Å². The molecule has 53 heavy (non-hydrogen) atoms. The second-order valence-electron chi connectivity index (χ2n) is 14.4. The second-order valence-corrected chi connectivity index (χ2v) is 14.4. The van der Waals surface area contributed by atoms with E-state index in [1.54, 1.807) is 0 Å². The topological polar surface area (TPSA) is 56.7 Å². The highest BCUT2D eigenvalue weighted by Crippen LogP contribution is 2.51. The summed E-state index contributed by atoms with van der Waals surface area (Å²) >= 11 is 0. The van der Waals surface area contributed by atoms with Crippen LogP contribution in [0.3, 0.4) is 0 Å². The Kier molecular flexibility index (Phi) is 6.23. The Labute approximate surface area is 305 Å². The van der Waals surface area contributed by atoms with Crippen LogP contribution in [0.15, 0.2) is 162 Å². The maximum atomic E-state index is 6.47. The molecule has 0 spiro atoms. The number of rotatable bonds is 4. The quantitative estimate of drug-likeness (QED) is 0.186. The van der Waals surface area contributed by atoms with Crippen LogP contribution in [0.4, 0.5) is 0 Å². The van der Waals surface area contributed by atoms with E-state index in [0.29, 0.717) is 17.5 Å². The van der Waals surface area contributed by atoms with Crippen LogP contribution in [0.25, 0.3) is 94.7 Å². The molecule has 0 saturated carbocycles. The van der Waals surface area contributed by atoms with E-state index in [4.69, 9.17) is 19.4 Å². The molecule has 11 rings (SSSR count). The molecule has 5 nitrogen and oxygen atoms in total. The Morgan fingerprint density at radius 3 is 1.87 bits per heavy atom. The lowest BCUT2D eigenvalue weighted by atomic mass is 9.82. The van der Waals surface area contributed by atoms with Crippen molar-refractivity contribution in [3.63, 3.8) is 0 Å². The number of fused-ring (bicyclic) bond motifs is 10. The first-order valence-electron chi connectivity index (χ1n) is 18.0. The van der Waals surface area contributed by atoms with Gasteiger partial charge in [0.15, 0.2) is 17.5 Å². The minimum atomic E-state index is -0.145. The van der Waals surface area contributed by atoms with Gasteiger partial charge in [-0.1, -0.05) is 129 Å². The monoisotopic (exact) mass is 680 g/mol. The third-order valence-electron chi connectivity index (χ3n) is 11.0. The maximum absolute atomic E-state index is 6.47. The molecule has 0 amide bonds. The lowest BCUT2D eigenvalue weighted by molar-refractivity contribution is 0.661. The molecular formula is C48H32N4O. The van der Waals surface area contributed by atoms with Crippen molar-refractivity contribution in [2.24, 2.45) is 0 Å². The minimum absolute atomic E-state index is 0.145. The van der Waals surface area contributed by atoms with E-state index in [1.165, 1.54) is 33.0 Å². The van der Waals surface area contributed by atoms with Gasteiger partial charge >= 0.3 is 0 Å². The first-order valence-corrected chi connectivity index (χ1v) is 18.0. The third-order valence-corrected chi connectivity index (χ3v) is 11.0. The van der Waals surface area contributed by atoms with Crippen LogP contribution in [-0.4, -0.2) is 19.5 Å². The number of benzene rings is 7. The largest absolute Gasteiger partial charge is 0.456 e. The Hall–Kier alpha value is -6.85. The SMILES string of the molecule is CC1(C)c2ccccc2-c2cc3c4ccc5oc6ccccc6c5c4n(-c4cccc(-c5nc(-c6ccccc6)nc(-c6ccccc6)n5)c4)c3cc21. The first kappa shape index (κ1) is 29.8. The van der Waals surface area contributed by atoms with Gasteiger partial charge in [-0.25, -0.2) is 15.0 Å². The zero-order valence-electron chi connectivity index (χ0n) is 29.2. The maximum Gasteiger partial charge on any atom is 0.164 e. The summed E-state index contributed by atoms with van der Waals surface area (Å²) in [6, 6.07) is 55.2. The van der Waals surface area contributed by atoms with Gasteiger partial charge in [-0.3, -0.25) is 0 Å². The van der Waals surface area contributed by atoms with Gasteiger partial charge in [-0.05, 0) is 64.7 Å². The van der Waals surface area contributed by atoms with E-state index >= 15 is 0 Å². The molecule has 7 aromatic carbocycles. The number of nitrogens with zero attached hydrogens (tertiary/aromatic N) is 4. The smallest absolute Gasteiger partial charge is 0.164 e. The molecule has 5 heteroatoms. The van der Waals surface area contributed by atoms with Crippen LogP contribution in [0.1, 0.15) is 25.0 Å². The second kappa shape index (κ2) is 11.1. The third kappa shape index (κ3) is 4.40. The molecule has 1 aliphatic rings. The van der Waals surface area contributed by atoms with E-state index < -0.39 is 0 Å². The summed E-state index contributed by atoms with van der Waals surface area (Å²) in [5.41, 5.74) is 13.0. The van der Waals surface area contributed by atoms with Crippen LogP contribution in [-0.2, 0) is 5.41 Å². The average molecular weight is 681 g/mol. The van der Waals surface area contributed by atoms with Gasteiger partial charge in [0.1, 0.15) is 11.2 Å². The summed E-state index contributed by atoms with van der Waals surface area (Å²) in [7, 11) is 0. The fourth-order valence-electron chi connectivity index (χ4n) is 8.50. The molecule has 0 saturated heterocycles. The molecule has 3 heterocycles. The van der Waals surface area contributed by atoms with Crippen LogP contribution in [0, 0.1) is 0 Å². The van der Waals surface area contributed by atoms with Gasteiger partial charge in [0.2, 0.25) is 0 Å². The molecule has 0 atom stereocenters. The van der Waals surface area contributed by atoms with Crippen molar-refractivity contribution in [2.45, 2.75) is 19.3 Å². The average Bonchev–Trinajstić information content (AvgIpc) is 3.83. The zero-order valence-corrected chi connectivity index (χ0v) is 29.2. The lowest BCUT2D eigenvalue weighted by Crippen LogP contribution is -2.14. The fourth-order valence-corrected chi connectivity index (χ4v) is 8.50. The summed E-state index contributed by atoms with van der Waals surface area (Å²) in [5.74, 6) is 1.90. The number of para-hydroxylation sites is 1. The normalized spacial score (nSPS) is 13.2. The number of hydrogen-bond acceptors (Lipinski definition) is 4. The minimum Gasteiger partial charge on any atom is -0.456 e. The highest BCUT2D eigenvalue weighted by Gasteiger charge is 2.36. The Morgan fingerprint density at radius 1 is 0.472 bits per heavy atom. The Morgan fingerprint density at radius 2 is 1.11 bits per heavy atom. The molecular weight excluding hydrogens is 649 g/mol. The molecule has 0 N–H and O–H groups in total. The summed E-state index contributed by atoms with van der Waals surface area (Å²) < 4.78 is 8.90. The van der Waals surface area contributed by atoms with Crippen molar-refractivity contribution in [3.8, 4) is 51.0 Å². The molecule has 3 aromatic heterocycles. The predicted molar refractivity (Wildman–Crippen MR) is 215 cm³/mol. The van der Waals surface area contributed by atoms with Gasteiger partial charge in [0.05, 0.1) is 16.4 Å². The zero-order chi connectivity index (χ0) is 35.3. The summed E-state index contributed by atoms with van der Waals surface area (Å²) in [4.78, 5) is 15.1. The highest BCUT2D eigenvalue weighted by atomic mass is 16.3. The van der Waals surface area contributed by atoms with Gasteiger partial charge in [-0.15, -0.1) is 0 Å². The van der Waals surface area contributed by atoms with E-state index in [2.05, 4.69) is 109 Å². The van der Waals surface area contributed by atoms with Gasteiger partial charge in [0, 0.05) is 44.0 Å². The molecule has 0 radical (unpaired) electrons. The summed E-state index contributed by atoms with van der Waals surface area (Å²) in [6.45, 7) is 4.68. The molecule has 250 valence electrons. The van der Waals surface area contributed by atoms with Crippen molar-refractivity contribution in [1.29, 1.82) is 0 Å². The van der Waals surface area contributed by atoms with Crippen molar-refractivity contribution in [3.05, 3.63) is 169 Å². The summed E-state index contributed by atoms with van der Waals surface area (Å²) in [5, 5.41) is 4.61. The van der Waals surface area contributed by atoms with Crippen molar-refractivity contribution in [1.82, 2.24) is 19.5 Å².